The molecule has 3 rings (SSSR count). The number of piperidine rings is 3. The highest BCUT2D eigenvalue weighted by Gasteiger charge is 2.35. The third kappa shape index (κ3) is 2.29. The molecule has 3 heterocycles. The summed E-state index contributed by atoms with van der Waals surface area (Å²) in [5, 5.41) is 0. The first-order valence-corrected chi connectivity index (χ1v) is 7.66. The summed E-state index contributed by atoms with van der Waals surface area (Å²) < 4.78 is 25.5. The molecule has 0 radical (unpaired) electrons. The van der Waals surface area contributed by atoms with Crippen molar-refractivity contribution in [3.8, 4) is 0 Å². The Hall–Kier alpha value is 0.350. The van der Waals surface area contributed by atoms with Gasteiger partial charge in [-0.2, -0.15) is 0 Å². The second-order valence-corrected chi connectivity index (χ2v) is 7.14. The van der Waals surface area contributed by atoms with E-state index in [0.29, 0.717) is 5.92 Å². The Morgan fingerprint density at radius 2 is 2.00 bits per heavy atom. The van der Waals surface area contributed by atoms with Crippen molar-refractivity contribution in [1.29, 1.82) is 0 Å². The molecule has 1 N–H and O–H groups in total. The molecule has 0 aromatic heterocycles. The van der Waals surface area contributed by atoms with Crippen molar-refractivity contribution >= 4 is 26.0 Å². The van der Waals surface area contributed by atoms with E-state index in [-0.39, 0.29) is 10.7 Å². The van der Waals surface area contributed by atoms with Gasteiger partial charge in [0.05, 0.1) is 0 Å². The maximum atomic E-state index is 11.4. The molecule has 82 valence electrons. The molecule has 3 aliphatic rings. The lowest BCUT2D eigenvalue weighted by Gasteiger charge is -2.44. The molecule has 3 aliphatic heterocycles. The van der Waals surface area contributed by atoms with Crippen LogP contribution in [0.2, 0.25) is 0 Å². The van der Waals surface area contributed by atoms with Gasteiger partial charge in [-0.05, 0) is 31.8 Å². The van der Waals surface area contributed by atoms with Gasteiger partial charge < -0.3 is 4.90 Å². The Kier molecular flexibility index (Phi) is 3.16. The van der Waals surface area contributed by atoms with Gasteiger partial charge in [0.1, 0.15) is 4.66 Å². The lowest BCUT2D eigenvalue weighted by Crippen LogP contribution is -2.57. The Morgan fingerprint density at radius 3 is 2.43 bits per heavy atom. The minimum atomic E-state index is -3.10. The summed E-state index contributed by atoms with van der Waals surface area (Å²) in [5.41, 5.74) is 0. The first-order valence-electron chi connectivity index (χ1n) is 4.89. The third-order valence-electron chi connectivity index (χ3n) is 3.13. The van der Waals surface area contributed by atoms with Crippen LogP contribution in [0, 0.1) is 5.92 Å². The number of rotatable bonds is 3. The smallest absolute Gasteiger partial charge is 0.221 e. The molecule has 1 unspecified atom stereocenters. The topological polar surface area (TPSA) is 49.4 Å². The van der Waals surface area contributed by atoms with Crippen molar-refractivity contribution in [2.75, 3.05) is 24.3 Å². The average Bonchev–Trinajstić information content (AvgIpc) is 2.19. The van der Waals surface area contributed by atoms with Crippen molar-refractivity contribution in [2.24, 2.45) is 5.92 Å². The second-order valence-electron chi connectivity index (χ2n) is 4.09. The van der Waals surface area contributed by atoms with Gasteiger partial charge in [-0.15, -0.1) is 0 Å². The summed E-state index contributed by atoms with van der Waals surface area (Å²) in [5.74, 6) is 0.550. The normalized spacial score (nSPS) is 37.4. The van der Waals surface area contributed by atoms with E-state index in [1.165, 1.54) is 0 Å². The van der Waals surface area contributed by atoms with Crippen molar-refractivity contribution in [2.45, 2.75) is 18.9 Å². The highest BCUT2D eigenvalue weighted by atomic mass is 79.9. The number of alkyl halides is 1. The van der Waals surface area contributed by atoms with Crippen molar-refractivity contribution < 1.29 is 8.42 Å². The number of hydrogen-bond acceptors (Lipinski definition) is 3. The Labute approximate surface area is 93.2 Å². The van der Waals surface area contributed by atoms with Crippen LogP contribution in [-0.2, 0) is 10.0 Å². The van der Waals surface area contributed by atoms with Gasteiger partial charge in [-0.25, -0.2) is 13.1 Å². The van der Waals surface area contributed by atoms with Gasteiger partial charge in [0, 0.05) is 12.6 Å². The van der Waals surface area contributed by atoms with E-state index >= 15 is 0 Å². The number of fused-ring (bicyclic) bond motifs is 3. The van der Waals surface area contributed by atoms with Crippen molar-refractivity contribution in [1.82, 2.24) is 9.62 Å². The summed E-state index contributed by atoms with van der Waals surface area (Å²) in [4.78, 5) is 2.33. The van der Waals surface area contributed by atoms with E-state index in [2.05, 4.69) is 25.6 Å². The summed E-state index contributed by atoms with van der Waals surface area (Å²) in [7, 11) is -3.10. The second kappa shape index (κ2) is 4.08. The number of halogens is 1. The van der Waals surface area contributed by atoms with Crippen molar-refractivity contribution in [3.63, 3.8) is 0 Å². The molecule has 14 heavy (non-hydrogen) atoms. The summed E-state index contributed by atoms with van der Waals surface area (Å²) in [6.45, 7) is 3.16. The van der Waals surface area contributed by atoms with Crippen LogP contribution in [0.5, 0.6) is 0 Å². The predicted molar refractivity (Wildman–Crippen MR) is 58.8 cm³/mol. The SMILES string of the molecule is O=S(=O)(CBr)NC1CN2CCC1CC2. The molecular formula is C8H15BrN2O2S. The zero-order valence-electron chi connectivity index (χ0n) is 7.95. The van der Waals surface area contributed by atoms with Gasteiger partial charge in [-0.1, -0.05) is 15.9 Å². The number of nitrogens with one attached hydrogen (secondary N) is 1. The van der Waals surface area contributed by atoms with Crippen LogP contribution >= 0.6 is 15.9 Å². The number of nitrogens with zero attached hydrogens (tertiary/aromatic N) is 1. The summed E-state index contributed by atoms with van der Waals surface area (Å²) in [6, 6.07) is 0.139. The zero-order chi connectivity index (χ0) is 10.2. The molecule has 6 heteroatoms. The fraction of sp³-hybridized carbons (Fsp3) is 1.00. The minimum Gasteiger partial charge on any atom is -0.302 e. The van der Waals surface area contributed by atoms with Crippen LogP contribution in [0.15, 0.2) is 0 Å². The van der Waals surface area contributed by atoms with E-state index in [0.717, 1.165) is 32.5 Å². The first-order chi connectivity index (χ1) is 6.61. The molecule has 3 saturated heterocycles. The van der Waals surface area contributed by atoms with Crippen LogP contribution in [0.25, 0.3) is 0 Å². The fourth-order valence-corrected chi connectivity index (χ4v) is 3.55. The standard InChI is InChI=1S/C8H15BrN2O2S/c9-6-14(12,13)10-8-5-11-3-1-7(8)2-4-11/h7-8,10H,1-6H2. The largest absolute Gasteiger partial charge is 0.302 e. The van der Waals surface area contributed by atoms with Crippen LogP contribution in [0.4, 0.5) is 0 Å². The molecule has 1 atom stereocenters. The Bertz CT molecular complexity index is 298. The monoisotopic (exact) mass is 282 g/mol. The highest BCUT2D eigenvalue weighted by molar-refractivity contribution is 9.10. The van der Waals surface area contributed by atoms with Gasteiger partial charge in [-0.3, -0.25) is 0 Å². The van der Waals surface area contributed by atoms with Gasteiger partial charge in [0.15, 0.2) is 0 Å². The lowest BCUT2D eigenvalue weighted by molar-refractivity contribution is 0.0828. The van der Waals surface area contributed by atoms with E-state index < -0.39 is 10.0 Å². The maximum Gasteiger partial charge on any atom is 0.221 e. The lowest BCUT2D eigenvalue weighted by atomic mass is 9.85. The molecule has 0 saturated carbocycles. The molecular weight excluding hydrogens is 268 g/mol. The molecule has 0 aromatic carbocycles. The summed E-state index contributed by atoms with van der Waals surface area (Å²) >= 11 is 2.99. The Balaban J connectivity index is 1.99. The molecule has 0 aliphatic carbocycles. The quantitative estimate of drug-likeness (QED) is 0.761. The highest BCUT2D eigenvalue weighted by Crippen LogP contribution is 2.27. The van der Waals surface area contributed by atoms with Gasteiger partial charge in [0.2, 0.25) is 10.0 Å². The van der Waals surface area contributed by atoms with Crippen LogP contribution in [-0.4, -0.2) is 43.7 Å². The van der Waals surface area contributed by atoms with Gasteiger partial charge >= 0.3 is 0 Å². The zero-order valence-corrected chi connectivity index (χ0v) is 10.3. The van der Waals surface area contributed by atoms with Crippen LogP contribution in [0.1, 0.15) is 12.8 Å². The maximum absolute atomic E-state index is 11.4. The fourth-order valence-electron chi connectivity index (χ4n) is 2.36. The third-order valence-corrected chi connectivity index (χ3v) is 5.89. The predicted octanol–water partition coefficient (Wildman–Crippen LogP) is 0.352. The number of hydrogen-bond donors (Lipinski definition) is 1. The van der Waals surface area contributed by atoms with E-state index in [4.69, 9.17) is 0 Å². The number of sulfonamides is 1. The van der Waals surface area contributed by atoms with Gasteiger partial charge in [0.25, 0.3) is 0 Å². The average molecular weight is 283 g/mol. The molecule has 2 bridgehead atoms. The van der Waals surface area contributed by atoms with E-state index in [1.54, 1.807) is 0 Å². The molecule has 0 aromatic rings. The van der Waals surface area contributed by atoms with E-state index in [1.807, 2.05) is 0 Å². The summed E-state index contributed by atoms with van der Waals surface area (Å²) in [6.07, 6.45) is 2.27. The molecule has 0 spiro atoms. The van der Waals surface area contributed by atoms with E-state index in [9.17, 15) is 8.42 Å². The van der Waals surface area contributed by atoms with Crippen molar-refractivity contribution in [3.05, 3.63) is 0 Å². The molecule has 0 amide bonds. The van der Waals surface area contributed by atoms with Crippen LogP contribution in [0.3, 0.4) is 0 Å². The molecule has 4 nitrogen and oxygen atoms in total. The van der Waals surface area contributed by atoms with Crippen LogP contribution < -0.4 is 4.72 Å². The minimum absolute atomic E-state index is 0.00319. The first kappa shape index (κ1) is 10.9. The Morgan fingerprint density at radius 1 is 1.36 bits per heavy atom. The molecule has 3 fully saturated rings.